The molecule has 6 nitrogen and oxygen atoms in total. The van der Waals surface area contributed by atoms with Gasteiger partial charge >= 0.3 is 0 Å². The number of benzene rings is 2. The molecule has 3 rings (SSSR count). The zero-order valence-electron chi connectivity index (χ0n) is 14.4. The first-order valence-corrected chi connectivity index (χ1v) is 9.04. The van der Waals surface area contributed by atoms with Crippen LogP contribution in [0.15, 0.2) is 58.5 Å². The summed E-state index contributed by atoms with van der Waals surface area (Å²) in [5.74, 6) is -0.0439. The maximum atomic E-state index is 12.2. The van der Waals surface area contributed by atoms with E-state index in [0.29, 0.717) is 10.7 Å². The molecule has 0 aliphatic carbocycles. The molecule has 26 heavy (non-hydrogen) atoms. The topological polar surface area (TPSA) is 87.7 Å². The summed E-state index contributed by atoms with van der Waals surface area (Å²) in [7, 11) is 0. The molecule has 0 aliphatic rings. The second kappa shape index (κ2) is 7.97. The first-order chi connectivity index (χ1) is 12.5. The summed E-state index contributed by atoms with van der Waals surface area (Å²) in [4.78, 5) is 27.0. The molecule has 0 spiro atoms. The number of para-hydroxylation sites is 1. The van der Waals surface area contributed by atoms with Crippen LogP contribution in [0.3, 0.4) is 0 Å². The predicted octanol–water partition coefficient (Wildman–Crippen LogP) is 3.18. The number of hydrogen-bond acceptors (Lipinski definition) is 5. The number of carbonyl (C=O) groups is 1. The molecule has 1 aromatic heterocycles. The molecular formula is C19H18N4O2S. The number of nitrogens with zero attached hydrogens (tertiary/aromatic N) is 2. The maximum Gasteiger partial charge on any atom is 0.278 e. The lowest BCUT2D eigenvalue weighted by molar-refractivity contribution is -0.113. The molecule has 7 heteroatoms. The number of carbonyl (C=O) groups excluding carboxylic acids is 1. The van der Waals surface area contributed by atoms with Gasteiger partial charge in [0, 0.05) is 11.3 Å². The van der Waals surface area contributed by atoms with Crippen molar-refractivity contribution in [2.75, 3.05) is 11.1 Å². The average Bonchev–Trinajstić information content (AvgIpc) is 2.63. The van der Waals surface area contributed by atoms with Gasteiger partial charge in [-0.05, 0) is 25.5 Å². The van der Waals surface area contributed by atoms with Crippen molar-refractivity contribution in [3.05, 3.63) is 70.0 Å². The Bertz CT molecular complexity index is 983. The van der Waals surface area contributed by atoms with Crippen LogP contribution in [0.5, 0.6) is 0 Å². The van der Waals surface area contributed by atoms with Crippen LogP contribution in [0, 0.1) is 13.8 Å². The molecular weight excluding hydrogens is 348 g/mol. The molecule has 0 saturated carbocycles. The number of aromatic nitrogens is 3. The van der Waals surface area contributed by atoms with Crippen LogP contribution < -0.4 is 10.9 Å². The summed E-state index contributed by atoms with van der Waals surface area (Å²) in [5.41, 5.74) is 3.50. The van der Waals surface area contributed by atoms with Gasteiger partial charge in [0.25, 0.3) is 5.56 Å². The fourth-order valence-corrected chi connectivity index (χ4v) is 2.92. The predicted molar refractivity (Wildman–Crippen MR) is 103 cm³/mol. The monoisotopic (exact) mass is 366 g/mol. The van der Waals surface area contributed by atoms with Crippen molar-refractivity contribution in [3.63, 3.8) is 0 Å². The molecule has 132 valence electrons. The Balaban J connectivity index is 1.65. The first kappa shape index (κ1) is 17.9. The van der Waals surface area contributed by atoms with Crippen LogP contribution in [-0.4, -0.2) is 26.8 Å². The second-order valence-corrected chi connectivity index (χ2v) is 6.79. The van der Waals surface area contributed by atoms with Gasteiger partial charge < -0.3 is 5.32 Å². The summed E-state index contributed by atoms with van der Waals surface area (Å²) in [6, 6.07) is 15.0. The quantitative estimate of drug-likeness (QED) is 0.677. The third-order valence-corrected chi connectivity index (χ3v) is 4.62. The van der Waals surface area contributed by atoms with E-state index >= 15 is 0 Å². The van der Waals surface area contributed by atoms with Crippen molar-refractivity contribution in [1.29, 1.82) is 0 Å². The van der Waals surface area contributed by atoms with E-state index < -0.39 is 0 Å². The highest BCUT2D eigenvalue weighted by atomic mass is 32.2. The number of H-pyrrole nitrogens is 1. The van der Waals surface area contributed by atoms with Crippen LogP contribution in [0.1, 0.15) is 11.1 Å². The van der Waals surface area contributed by atoms with Crippen LogP contribution >= 0.6 is 11.8 Å². The number of aromatic amines is 1. The van der Waals surface area contributed by atoms with E-state index in [9.17, 15) is 9.59 Å². The molecule has 1 amide bonds. The number of anilines is 1. The van der Waals surface area contributed by atoms with Crippen LogP contribution in [0.25, 0.3) is 11.3 Å². The minimum absolute atomic E-state index is 0.128. The Kier molecular flexibility index (Phi) is 5.48. The van der Waals surface area contributed by atoms with Crippen LogP contribution in [0.4, 0.5) is 5.69 Å². The highest BCUT2D eigenvalue weighted by Crippen LogP contribution is 2.17. The van der Waals surface area contributed by atoms with E-state index in [4.69, 9.17) is 0 Å². The van der Waals surface area contributed by atoms with Crippen LogP contribution in [0.2, 0.25) is 0 Å². The van der Waals surface area contributed by atoms with Gasteiger partial charge in [-0.1, -0.05) is 59.8 Å². The molecule has 0 fully saturated rings. The van der Waals surface area contributed by atoms with E-state index in [1.165, 1.54) is 0 Å². The van der Waals surface area contributed by atoms with Gasteiger partial charge in [-0.2, -0.15) is 0 Å². The second-order valence-electron chi connectivity index (χ2n) is 5.83. The lowest BCUT2D eigenvalue weighted by atomic mass is 10.1. The van der Waals surface area contributed by atoms with E-state index in [1.54, 1.807) is 0 Å². The SMILES string of the molecule is Cc1ccc(-c2nnc(SCC(=O)Nc3ccccc3C)[nH]c2=O)cc1. The molecule has 3 aromatic rings. The number of nitrogens with one attached hydrogen (secondary N) is 2. The van der Waals surface area contributed by atoms with E-state index in [-0.39, 0.29) is 22.9 Å². The lowest BCUT2D eigenvalue weighted by Gasteiger charge is -2.07. The average molecular weight is 366 g/mol. The van der Waals surface area contributed by atoms with Crippen LogP contribution in [-0.2, 0) is 4.79 Å². The number of thioether (sulfide) groups is 1. The highest BCUT2D eigenvalue weighted by Gasteiger charge is 2.10. The van der Waals surface area contributed by atoms with Gasteiger partial charge in [-0.15, -0.1) is 10.2 Å². The van der Waals surface area contributed by atoms with E-state index in [1.807, 2.05) is 62.4 Å². The summed E-state index contributed by atoms with van der Waals surface area (Å²) >= 11 is 1.13. The number of rotatable bonds is 5. The standard InChI is InChI=1S/C19H18N4O2S/c1-12-7-9-14(10-8-12)17-18(25)21-19(23-22-17)26-11-16(24)20-15-6-4-3-5-13(15)2/h3-10H,11H2,1-2H3,(H,20,24)(H,21,23,25). The molecule has 0 bridgehead atoms. The van der Waals surface area contributed by atoms with Crippen molar-refractivity contribution in [2.24, 2.45) is 0 Å². The molecule has 2 N–H and O–H groups in total. The fraction of sp³-hybridized carbons (Fsp3) is 0.158. The van der Waals surface area contributed by atoms with Gasteiger partial charge in [0.15, 0.2) is 10.9 Å². The number of amides is 1. The molecule has 0 saturated heterocycles. The Morgan fingerprint density at radius 2 is 1.81 bits per heavy atom. The smallest absolute Gasteiger partial charge is 0.278 e. The maximum absolute atomic E-state index is 12.2. The minimum atomic E-state index is -0.328. The third-order valence-electron chi connectivity index (χ3n) is 3.76. The summed E-state index contributed by atoms with van der Waals surface area (Å²) in [6.45, 7) is 3.90. The zero-order chi connectivity index (χ0) is 18.5. The highest BCUT2D eigenvalue weighted by molar-refractivity contribution is 7.99. The van der Waals surface area contributed by atoms with Gasteiger partial charge in [-0.3, -0.25) is 14.6 Å². The van der Waals surface area contributed by atoms with Crippen molar-refractivity contribution >= 4 is 23.4 Å². The Labute approximate surface area is 155 Å². The molecule has 2 aromatic carbocycles. The first-order valence-electron chi connectivity index (χ1n) is 8.05. The van der Waals surface area contributed by atoms with Gasteiger partial charge in [0.2, 0.25) is 5.91 Å². The molecule has 0 aliphatic heterocycles. The van der Waals surface area contributed by atoms with Crippen molar-refractivity contribution in [2.45, 2.75) is 19.0 Å². The van der Waals surface area contributed by atoms with Gasteiger partial charge in [0.05, 0.1) is 5.75 Å². The summed E-state index contributed by atoms with van der Waals surface area (Å²) in [5, 5.41) is 11.2. The summed E-state index contributed by atoms with van der Waals surface area (Å²) < 4.78 is 0. The van der Waals surface area contributed by atoms with E-state index in [2.05, 4.69) is 20.5 Å². The van der Waals surface area contributed by atoms with E-state index in [0.717, 1.165) is 28.6 Å². The molecule has 0 atom stereocenters. The number of aryl methyl sites for hydroxylation is 2. The van der Waals surface area contributed by atoms with Crippen molar-refractivity contribution in [1.82, 2.24) is 15.2 Å². The van der Waals surface area contributed by atoms with Gasteiger partial charge in [0.1, 0.15) is 0 Å². The normalized spacial score (nSPS) is 10.5. The number of hydrogen-bond donors (Lipinski definition) is 2. The largest absolute Gasteiger partial charge is 0.325 e. The molecule has 0 unspecified atom stereocenters. The zero-order valence-corrected chi connectivity index (χ0v) is 15.3. The lowest BCUT2D eigenvalue weighted by Crippen LogP contribution is -2.17. The van der Waals surface area contributed by atoms with Crippen molar-refractivity contribution in [3.8, 4) is 11.3 Å². The molecule has 0 radical (unpaired) electrons. The molecule has 1 heterocycles. The Morgan fingerprint density at radius 1 is 1.08 bits per heavy atom. The fourth-order valence-electron chi connectivity index (χ4n) is 2.32. The third kappa shape index (κ3) is 4.37. The van der Waals surface area contributed by atoms with Crippen molar-refractivity contribution < 1.29 is 4.79 Å². The Hall–Kier alpha value is -2.93. The summed E-state index contributed by atoms with van der Waals surface area (Å²) in [6.07, 6.45) is 0. The van der Waals surface area contributed by atoms with Gasteiger partial charge in [-0.25, -0.2) is 0 Å². The Morgan fingerprint density at radius 3 is 2.50 bits per heavy atom. The minimum Gasteiger partial charge on any atom is -0.325 e.